The average Bonchev–Trinajstić information content (AvgIpc) is 2.48. The standard InChI is InChI=1S/C14H9ClN2O3S/c1-21-13-7-3-6-12(9(13)8-16)20-14-10(15)4-2-5-11(14)17(18)19/h2-7H,1H3. The SMILES string of the molecule is CSc1cccc(Oc2c(Cl)cccc2[N+](=O)[O-])c1C#N. The van der Waals surface area contributed by atoms with Gasteiger partial charge in [-0.15, -0.1) is 11.8 Å². The molecule has 0 aliphatic carbocycles. The van der Waals surface area contributed by atoms with Crippen LogP contribution in [0.15, 0.2) is 41.3 Å². The van der Waals surface area contributed by atoms with Gasteiger partial charge in [-0.3, -0.25) is 10.1 Å². The second kappa shape index (κ2) is 6.48. The first-order chi connectivity index (χ1) is 10.1. The minimum absolute atomic E-state index is 0.0704. The summed E-state index contributed by atoms with van der Waals surface area (Å²) in [7, 11) is 0. The molecule has 0 atom stereocenters. The molecule has 0 aromatic heterocycles. The lowest BCUT2D eigenvalue weighted by molar-refractivity contribution is -0.385. The number of nitrogens with zero attached hydrogens (tertiary/aromatic N) is 2. The van der Waals surface area contributed by atoms with Crippen LogP contribution >= 0.6 is 23.4 Å². The molecule has 106 valence electrons. The molecule has 21 heavy (non-hydrogen) atoms. The molecular formula is C14H9ClN2O3S. The maximum absolute atomic E-state index is 11.0. The molecule has 5 nitrogen and oxygen atoms in total. The Labute approximate surface area is 130 Å². The highest BCUT2D eigenvalue weighted by molar-refractivity contribution is 7.98. The average molecular weight is 321 g/mol. The van der Waals surface area contributed by atoms with Gasteiger partial charge in [0.05, 0.1) is 9.95 Å². The summed E-state index contributed by atoms with van der Waals surface area (Å²) in [5.41, 5.74) is 0.0696. The Morgan fingerprint density at radius 1 is 1.33 bits per heavy atom. The van der Waals surface area contributed by atoms with Gasteiger partial charge in [-0.25, -0.2) is 0 Å². The van der Waals surface area contributed by atoms with Crippen LogP contribution in [0.3, 0.4) is 0 Å². The number of hydrogen-bond acceptors (Lipinski definition) is 5. The van der Waals surface area contributed by atoms with Crippen molar-refractivity contribution in [3.05, 3.63) is 57.1 Å². The van der Waals surface area contributed by atoms with Crippen molar-refractivity contribution in [1.82, 2.24) is 0 Å². The van der Waals surface area contributed by atoms with Gasteiger partial charge in [0, 0.05) is 11.0 Å². The summed E-state index contributed by atoms with van der Waals surface area (Å²) in [4.78, 5) is 11.2. The molecule has 2 rings (SSSR count). The fourth-order valence-corrected chi connectivity index (χ4v) is 2.50. The van der Waals surface area contributed by atoms with E-state index in [9.17, 15) is 15.4 Å². The van der Waals surface area contributed by atoms with Crippen molar-refractivity contribution in [2.24, 2.45) is 0 Å². The lowest BCUT2D eigenvalue weighted by Crippen LogP contribution is -1.96. The lowest BCUT2D eigenvalue weighted by atomic mass is 10.2. The quantitative estimate of drug-likeness (QED) is 0.466. The summed E-state index contributed by atoms with van der Waals surface area (Å²) in [6.07, 6.45) is 1.83. The van der Waals surface area contributed by atoms with E-state index in [2.05, 4.69) is 0 Å². The van der Waals surface area contributed by atoms with Gasteiger partial charge in [0.25, 0.3) is 0 Å². The van der Waals surface area contributed by atoms with Crippen molar-refractivity contribution >= 4 is 29.1 Å². The summed E-state index contributed by atoms with van der Waals surface area (Å²) in [5, 5.41) is 20.4. The van der Waals surface area contributed by atoms with Crippen LogP contribution in [0, 0.1) is 21.4 Å². The number of ether oxygens (including phenoxy) is 1. The van der Waals surface area contributed by atoms with E-state index in [-0.39, 0.29) is 22.2 Å². The Morgan fingerprint density at radius 3 is 2.67 bits per heavy atom. The van der Waals surface area contributed by atoms with E-state index in [4.69, 9.17) is 16.3 Å². The number of benzene rings is 2. The molecular weight excluding hydrogens is 312 g/mol. The predicted molar refractivity (Wildman–Crippen MR) is 81.1 cm³/mol. The van der Waals surface area contributed by atoms with E-state index >= 15 is 0 Å². The lowest BCUT2D eigenvalue weighted by Gasteiger charge is -2.11. The van der Waals surface area contributed by atoms with Crippen LogP contribution in [0.25, 0.3) is 0 Å². The first kappa shape index (κ1) is 15.2. The summed E-state index contributed by atoms with van der Waals surface area (Å²) < 4.78 is 5.56. The number of nitro groups is 1. The van der Waals surface area contributed by atoms with Crippen molar-refractivity contribution in [3.63, 3.8) is 0 Å². The van der Waals surface area contributed by atoms with Gasteiger partial charge in [-0.1, -0.05) is 23.7 Å². The molecule has 0 amide bonds. The number of thioether (sulfide) groups is 1. The number of rotatable bonds is 4. The normalized spacial score (nSPS) is 9.95. The van der Waals surface area contributed by atoms with Gasteiger partial charge < -0.3 is 4.74 Å². The monoisotopic (exact) mass is 320 g/mol. The number of nitriles is 1. The summed E-state index contributed by atoms with van der Waals surface area (Å²) >= 11 is 7.37. The van der Waals surface area contributed by atoms with E-state index in [1.165, 1.54) is 30.0 Å². The van der Waals surface area contributed by atoms with Gasteiger partial charge in [0.1, 0.15) is 17.4 Å². The fourth-order valence-electron chi connectivity index (χ4n) is 1.73. The minimum Gasteiger partial charge on any atom is -0.447 e. The Hall–Kier alpha value is -2.23. The zero-order valence-corrected chi connectivity index (χ0v) is 12.4. The summed E-state index contributed by atoms with van der Waals surface area (Å²) in [6, 6.07) is 11.4. The first-order valence-electron chi connectivity index (χ1n) is 5.76. The van der Waals surface area contributed by atoms with Crippen LogP contribution in [-0.4, -0.2) is 11.2 Å². The van der Waals surface area contributed by atoms with Gasteiger partial charge in [-0.05, 0) is 24.5 Å². The molecule has 0 saturated carbocycles. The van der Waals surface area contributed by atoms with Crippen molar-refractivity contribution in [3.8, 4) is 17.6 Å². The molecule has 0 saturated heterocycles. The molecule has 0 aliphatic heterocycles. The van der Waals surface area contributed by atoms with Gasteiger partial charge in [0.2, 0.25) is 5.75 Å². The van der Waals surface area contributed by atoms with Gasteiger partial charge >= 0.3 is 5.69 Å². The second-order valence-electron chi connectivity index (χ2n) is 3.89. The van der Waals surface area contributed by atoms with E-state index in [0.717, 1.165) is 4.90 Å². The van der Waals surface area contributed by atoms with Crippen molar-refractivity contribution in [2.45, 2.75) is 4.90 Å². The topological polar surface area (TPSA) is 76.2 Å². The smallest absolute Gasteiger partial charge is 0.313 e. The molecule has 0 heterocycles. The highest BCUT2D eigenvalue weighted by Crippen LogP contribution is 2.40. The predicted octanol–water partition coefficient (Wildman–Crippen LogP) is 4.63. The zero-order valence-electron chi connectivity index (χ0n) is 10.9. The maximum atomic E-state index is 11.0. The molecule has 0 N–H and O–H groups in total. The van der Waals surface area contributed by atoms with Crippen LogP contribution in [0.4, 0.5) is 5.69 Å². The molecule has 0 unspecified atom stereocenters. The highest BCUT2D eigenvalue weighted by atomic mass is 35.5. The molecule has 0 aliphatic rings. The van der Waals surface area contributed by atoms with Gasteiger partial charge in [0.15, 0.2) is 0 Å². The maximum Gasteiger partial charge on any atom is 0.313 e. The molecule has 0 bridgehead atoms. The van der Waals surface area contributed by atoms with Crippen LogP contribution in [0.2, 0.25) is 5.02 Å². The second-order valence-corrected chi connectivity index (χ2v) is 5.15. The highest BCUT2D eigenvalue weighted by Gasteiger charge is 2.20. The number of para-hydroxylation sites is 1. The third kappa shape index (κ3) is 3.10. The van der Waals surface area contributed by atoms with E-state index in [1.807, 2.05) is 12.3 Å². The molecule has 2 aromatic rings. The van der Waals surface area contributed by atoms with Crippen LogP contribution in [0.5, 0.6) is 11.5 Å². The van der Waals surface area contributed by atoms with Crippen molar-refractivity contribution in [1.29, 1.82) is 5.26 Å². The Balaban J connectivity index is 2.54. The van der Waals surface area contributed by atoms with Crippen molar-refractivity contribution in [2.75, 3.05) is 6.26 Å². The van der Waals surface area contributed by atoms with E-state index in [0.29, 0.717) is 5.56 Å². The molecule has 7 heteroatoms. The van der Waals surface area contributed by atoms with Crippen LogP contribution < -0.4 is 4.74 Å². The summed E-state index contributed by atoms with van der Waals surface area (Å²) in [5.74, 6) is 0.166. The van der Waals surface area contributed by atoms with E-state index < -0.39 is 4.92 Å². The Kier molecular flexibility index (Phi) is 4.68. The number of halogens is 1. The molecule has 0 radical (unpaired) electrons. The fraction of sp³-hybridized carbons (Fsp3) is 0.0714. The first-order valence-corrected chi connectivity index (χ1v) is 7.36. The Morgan fingerprint density at radius 2 is 2.05 bits per heavy atom. The van der Waals surface area contributed by atoms with Crippen LogP contribution in [-0.2, 0) is 0 Å². The third-order valence-electron chi connectivity index (χ3n) is 2.67. The van der Waals surface area contributed by atoms with Crippen LogP contribution in [0.1, 0.15) is 5.56 Å². The molecule has 2 aromatic carbocycles. The van der Waals surface area contributed by atoms with Gasteiger partial charge in [-0.2, -0.15) is 5.26 Å². The molecule has 0 spiro atoms. The largest absolute Gasteiger partial charge is 0.447 e. The third-order valence-corrected chi connectivity index (χ3v) is 3.75. The van der Waals surface area contributed by atoms with E-state index in [1.54, 1.807) is 18.2 Å². The zero-order chi connectivity index (χ0) is 15.4. The van der Waals surface area contributed by atoms with Crippen molar-refractivity contribution < 1.29 is 9.66 Å². The number of nitro benzene ring substituents is 1. The Bertz CT molecular complexity index is 743. The molecule has 0 fully saturated rings. The minimum atomic E-state index is -0.578. The summed E-state index contributed by atoms with van der Waals surface area (Å²) in [6.45, 7) is 0. The number of hydrogen-bond donors (Lipinski definition) is 0.